The van der Waals surface area contributed by atoms with Crippen LogP contribution < -0.4 is 4.90 Å². The normalized spacial score (nSPS) is 15.2. The highest BCUT2D eigenvalue weighted by Gasteiger charge is 2.52. The molecule has 0 amide bonds. The second-order valence-corrected chi connectivity index (χ2v) is 19.1. The van der Waals surface area contributed by atoms with Crippen LogP contribution in [0.5, 0.6) is 0 Å². The van der Waals surface area contributed by atoms with E-state index in [0.717, 1.165) is 17.1 Å². The number of hydrogen-bond donors (Lipinski definition) is 0. The summed E-state index contributed by atoms with van der Waals surface area (Å²) in [7, 11) is 0. The maximum atomic E-state index is 2.53. The third-order valence-electron chi connectivity index (χ3n) is 15.8. The SMILES string of the molecule is CC1(C)c2ccccc2-c2cc(N(c3ccc4c(c3)-c3ccccc3C4(c3ccccc3)c3ccccc3)c3ccc4c(c3)C3(c5ccccc5-c5ccccc53)c3ccccc3-4)ccc21. The number of benzene rings is 10. The molecule has 4 aliphatic rings. The largest absolute Gasteiger partial charge is 0.310 e. The lowest BCUT2D eigenvalue weighted by Gasteiger charge is -2.34. The van der Waals surface area contributed by atoms with Gasteiger partial charge in [-0.15, -0.1) is 0 Å². The molecule has 0 fully saturated rings. The van der Waals surface area contributed by atoms with Gasteiger partial charge in [-0.3, -0.25) is 0 Å². The van der Waals surface area contributed by atoms with Crippen LogP contribution in [0.2, 0.25) is 0 Å². The molecule has 0 bridgehead atoms. The first kappa shape index (κ1) is 37.4. The van der Waals surface area contributed by atoms with Gasteiger partial charge in [0.15, 0.2) is 0 Å². The van der Waals surface area contributed by atoms with Gasteiger partial charge in [0, 0.05) is 22.5 Å². The Hall–Kier alpha value is -8.00. The van der Waals surface area contributed by atoms with E-state index in [-0.39, 0.29) is 5.41 Å². The lowest BCUT2D eigenvalue weighted by atomic mass is 9.68. The predicted molar refractivity (Wildman–Crippen MR) is 272 cm³/mol. The quantitative estimate of drug-likeness (QED) is 0.167. The molecule has 1 nitrogen and oxygen atoms in total. The Balaban J connectivity index is 1.04. The zero-order valence-corrected chi connectivity index (χ0v) is 37.0. The molecule has 0 aliphatic heterocycles. The van der Waals surface area contributed by atoms with Crippen LogP contribution in [0.1, 0.15) is 69.5 Å². The second-order valence-electron chi connectivity index (χ2n) is 19.1. The molecule has 0 radical (unpaired) electrons. The Labute approximate surface area is 387 Å². The minimum absolute atomic E-state index is 0.0975. The summed E-state index contributed by atoms with van der Waals surface area (Å²) in [4.78, 5) is 2.53. The Morgan fingerprint density at radius 2 is 0.561 bits per heavy atom. The Bertz CT molecular complexity index is 3530. The van der Waals surface area contributed by atoms with E-state index in [9.17, 15) is 0 Å². The molecular formula is C65H45N. The van der Waals surface area contributed by atoms with Gasteiger partial charge in [0.25, 0.3) is 0 Å². The molecule has 0 unspecified atom stereocenters. The van der Waals surface area contributed by atoms with Crippen LogP contribution in [0.15, 0.2) is 237 Å². The van der Waals surface area contributed by atoms with E-state index in [0.29, 0.717) is 0 Å². The number of anilines is 3. The highest BCUT2D eigenvalue weighted by atomic mass is 15.1. The van der Waals surface area contributed by atoms with Crippen LogP contribution in [0.4, 0.5) is 17.1 Å². The van der Waals surface area contributed by atoms with E-state index < -0.39 is 10.8 Å². The topological polar surface area (TPSA) is 3.24 Å². The summed E-state index contributed by atoms with van der Waals surface area (Å²) in [5.74, 6) is 0. The van der Waals surface area contributed by atoms with Gasteiger partial charge < -0.3 is 4.90 Å². The van der Waals surface area contributed by atoms with Gasteiger partial charge in [0.1, 0.15) is 0 Å². The third-order valence-corrected chi connectivity index (χ3v) is 15.8. The Morgan fingerprint density at radius 3 is 1.08 bits per heavy atom. The molecule has 310 valence electrons. The average molecular weight is 840 g/mol. The van der Waals surface area contributed by atoms with Crippen molar-refractivity contribution in [3.63, 3.8) is 0 Å². The Kier molecular flexibility index (Phi) is 7.66. The van der Waals surface area contributed by atoms with Crippen molar-refractivity contribution < 1.29 is 0 Å². The lowest BCUT2D eigenvalue weighted by Crippen LogP contribution is -2.28. The van der Waals surface area contributed by atoms with Crippen molar-refractivity contribution in [3.8, 4) is 44.5 Å². The van der Waals surface area contributed by atoms with Crippen molar-refractivity contribution in [1.29, 1.82) is 0 Å². The van der Waals surface area contributed by atoms with Gasteiger partial charge in [0.05, 0.1) is 10.8 Å². The van der Waals surface area contributed by atoms with Crippen LogP contribution >= 0.6 is 0 Å². The van der Waals surface area contributed by atoms with Crippen molar-refractivity contribution in [2.45, 2.75) is 30.1 Å². The lowest BCUT2D eigenvalue weighted by molar-refractivity contribution is 0.660. The van der Waals surface area contributed by atoms with E-state index >= 15 is 0 Å². The molecule has 10 aromatic carbocycles. The summed E-state index contributed by atoms with van der Waals surface area (Å²) in [6.45, 7) is 4.74. The fourth-order valence-corrected chi connectivity index (χ4v) is 13.1. The molecule has 0 saturated heterocycles. The van der Waals surface area contributed by atoms with Crippen molar-refractivity contribution in [3.05, 3.63) is 292 Å². The molecule has 66 heavy (non-hydrogen) atoms. The summed E-state index contributed by atoms with van der Waals surface area (Å²) in [6.07, 6.45) is 0. The van der Waals surface area contributed by atoms with Crippen LogP contribution in [0.3, 0.4) is 0 Å². The number of nitrogens with zero attached hydrogens (tertiary/aromatic N) is 1. The molecule has 10 aromatic rings. The standard InChI is InChI=1S/C65H45N/c1-63(2)55-28-14-9-26-50(55)53-39-44(34-37-56(53)63)66(45-35-38-61-54(40-45)51-27-13-15-29-57(51)64(61,42-19-5-3-6-20-42)43-21-7-4-8-22-43)46-33-36-52-49-25-12-18-32-60(49)65(62(52)41-46)58-30-16-10-23-47(58)48-24-11-17-31-59(48)65/h3-41H,1-2H3. The molecule has 4 aliphatic carbocycles. The summed E-state index contributed by atoms with van der Waals surface area (Å²) in [6, 6.07) is 89.4. The predicted octanol–water partition coefficient (Wildman–Crippen LogP) is 16.2. The molecule has 0 aromatic heterocycles. The smallest absolute Gasteiger partial charge is 0.0726 e. The second kappa shape index (κ2) is 13.5. The summed E-state index contributed by atoms with van der Waals surface area (Å²) >= 11 is 0. The summed E-state index contributed by atoms with van der Waals surface area (Å²) < 4.78 is 0. The van der Waals surface area contributed by atoms with Gasteiger partial charge in [-0.05, 0) is 137 Å². The van der Waals surface area contributed by atoms with Gasteiger partial charge in [0.2, 0.25) is 0 Å². The van der Waals surface area contributed by atoms with Crippen LogP contribution in [-0.4, -0.2) is 0 Å². The molecule has 0 atom stereocenters. The van der Waals surface area contributed by atoms with E-state index in [4.69, 9.17) is 0 Å². The fourth-order valence-electron chi connectivity index (χ4n) is 13.1. The fraction of sp³-hybridized carbons (Fsp3) is 0.0769. The van der Waals surface area contributed by atoms with E-state index in [1.165, 1.54) is 100 Å². The van der Waals surface area contributed by atoms with E-state index in [1.54, 1.807) is 0 Å². The van der Waals surface area contributed by atoms with E-state index in [1.807, 2.05) is 0 Å². The molecular weight excluding hydrogens is 795 g/mol. The molecule has 1 heteroatoms. The van der Waals surface area contributed by atoms with Gasteiger partial charge in [-0.1, -0.05) is 214 Å². The first-order valence-corrected chi connectivity index (χ1v) is 23.3. The molecule has 14 rings (SSSR count). The first-order chi connectivity index (χ1) is 32.5. The van der Waals surface area contributed by atoms with Crippen molar-refractivity contribution in [2.24, 2.45) is 0 Å². The molecule has 0 N–H and O–H groups in total. The minimum atomic E-state index is -0.477. The zero-order valence-electron chi connectivity index (χ0n) is 37.0. The van der Waals surface area contributed by atoms with Crippen LogP contribution in [0.25, 0.3) is 44.5 Å². The number of hydrogen-bond acceptors (Lipinski definition) is 1. The summed E-state index contributed by atoms with van der Waals surface area (Å²) in [5, 5.41) is 0. The van der Waals surface area contributed by atoms with Crippen LogP contribution in [-0.2, 0) is 16.2 Å². The van der Waals surface area contributed by atoms with Crippen molar-refractivity contribution in [1.82, 2.24) is 0 Å². The third kappa shape index (κ3) is 4.69. The molecule has 0 heterocycles. The first-order valence-electron chi connectivity index (χ1n) is 23.3. The maximum absolute atomic E-state index is 2.53. The van der Waals surface area contributed by atoms with Crippen LogP contribution in [0, 0.1) is 0 Å². The highest BCUT2D eigenvalue weighted by molar-refractivity contribution is 5.97. The highest BCUT2D eigenvalue weighted by Crippen LogP contribution is 2.64. The number of fused-ring (bicyclic) bond motifs is 16. The van der Waals surface area contributed by atoms with Crippen molar-refractivity contribution >= 4 is 17.1 Å². The Morgan fingerprint density at radius 1 is 0.242 bits per heavy atom. The summed E-state index contributed by atoms with van der Waals surface area (Å²) in [5.41, 5.74) is 26.1. The minimum Gasteiger partial charge on any atom is -0.310 e. The monoisotopic (exact) mass is 839 g/mol. The zero-order chi connectivity index (χ0) is 43.8. The average Bonchev–Trinajstić information content (AvgIpc) is 4.03. The molecule has 1 spiro atoms. The maximum Gasteiger partial charge on any atom is 0.0726 e. The van der Waals surface area contributed by atoms with Gasteiger partial charge in [-0.2, -0.15) is 0 Å². The van der Waals surface area contributed by atoms with E-state index in [2.05, 4.69) is 255 Å². The molecule has 0 saturated carbocycles. The van der Waals surface area contributed by atoms with Gasteiger partial charge >= 0.3 is 0 Å². The van der Waals surface area contributed by atoms with Gasteiger partial charge in [-0.25, -0.2) is 0 Å². The van der Waals surface area contributed by atoms with Crippen molar-refractivity contribution in [2.75, 3.05) is 4.90 Å². The number of rotatable bonds is 5.